The second-order valence-corrected chi connectivity index (χ2v) is 6.37. The molecule has 1 aliphatic heterocycles. The second kappa shape index (κ2) is 4.85. The number of aryl methyl sites for hydroxylation is 1. The van der Waals surface area contributed by atoms with Crippen LogP contribution >= 0.6 is 11.3 Å². The molecule has 0 amide bonds. The van der Waals surface area contributed by atoms with Gasteiger partial charge in [-0.2, -0.15) is 5.10 Å². The van der Waals surface area contributed by atoms with Gasteiger partial charge in [-0.3, -0.25) is 5.10 Å². The van der Waals surface area contributed by atoms with Gasteiger partial charge in [0.2, 0.25) is 0 Å². The molecule has 4 rings (SSSR count). The van der Waals surface area contributed by atoms with E-state index in [0.29, 0.717) is 18.8 Å². The summed E-state index contributed by atoms with van der Waals surface area (Å²) in [5, 5.41) is 10.1. The van der Waals surface area contributed by atoms with Gasteiger partial charge < -0.3 is 5.32 Å². The van der Waals surface area contributed by atoms with Gasteiger partial charge in [-0.05, 0) is 13.0 Å². The number of thiophene rings is 1. The summed E-state index contributed by atoms with van der Waals surface area (Å²) in [7, 11) is 0. The van der Waals surface area contributed by atoms with Crippen LogP contribution < -0.4 is 5.32 Å². The number of fused-ring (bicyclic) bond motifs is 1. The van der Waals surface area contributed by atoms with E-state index in [9.17, 15) is 4.39 Å². The highest BCUT2D eigenvalue weighted by Gasteiger charge is 2.27. The van der Waals surface area contributed by atoms with Crippen molar-refractivity contribution in [3.63, 3.8) is 0 Å². The first-order valence-electron chi connectivity index (χ1n) is 6.85. The van der Waals surface area contributed by atoms with Crippen LogP contribution in [0.25, 0.3) is 20.7 Å². The second-order valence-electron chi connectivity index (χ2n) is 5.29. The number of halogens is 1. The van der Waals surface area contributed by atoms with Crippen molar-refractivity contribution in [3.05, 3.63) is 30.0 Å². The Morgan fingerprint density at radius 3 is 3.00 bits per heavy atom. The molecule has 5 nitrogen and oxygen atoms in total. The van der Waals surface area contributed by atoms with E-state index in [1.165, 1.54) is 0 Å². The Morgan fingerprint density at radius 1 is 1.38 bits per heavy atom. The third-order valence-electron chi connectivity index (χ3n) is 3.77. The minimum Gasteiger partial charge on any atom is -0.304 e. The van der Waals surface area contributed by atoms with Crippen molar-refractivity contribution in [3.8, 4) is 10.4 Å². The van der Waals surface area contributed by atoms with E-state index < -0.39 is 6.17 Å². The molecule has 108 valence electrons. The lowest BCUT2D eigenvalue weighted by Crippen LogP contribution is -2.16. The lowest BCUT2D eigenvalue weighted by atomic mass is 10.2. The van der Waals surface area contributed by atoms with Gasteiger partial charge in [0.05, 0.1) is 22.5 Å². The fourth-order valence-electron chi connectivity index (χ4n) is 2.64. The van der Waals surface area contributed by atoms with E-state index in [1.54, 1.807) is 11.3 Å². The molecule has 0 radical (unpaired) electrons. The lowest BCUT2D eigenvalue weighted by Gasteiger charge is -2.07. The number of alkyl halides is 1. The van der Waals surface area contributed by atoms with E-state index in [1.807, 2.05) is 25.4 Å². The molecule has 21 heavy (non-hydrogen) atoms. The fraction of sp³-hybridized carbons (Fsp3) is 0.357. The number of H-pyrrole nitrogens is 1. The van der Waals surface area contributed by atoms with Gasteiger partial charge in [0.15, 0.2) is 0 Å². The Morgan fingerprint density at radius 2 is 2.29 bits per heavy atom. The average molecular weight is 303 g/mol. The predicted molar refractivity (Wildman–Crippen MR) is 80.0 cm³/mol. The van der Waals surface area contributed by atoms with E-state index in [4.69, 9.17) is 0 Å². The Bertz CT molecular complexity index is 796. The van der Waals surface area contributed by atoms with Gasteiger partial charge in [0.25, 0.3) is 0 Å². The summed E-state index contributed by atoms with van der Waals surface area (Å²) in [4.78, 5) is 10.1. The molecule has 0 bridgehead atoms. The molecule has 0 aliphatic carbocycles. The number of aromatic nitrogens is 4. The van der Waals surface area contributed by atoms with Crippen LogP contribution in [-0.2, 0) is 0 Å². The number of nitrogens with zero attached hydrogens (tertiary/aromatic N) is 3. The molecule has 2 N–H and O–H groups in total. The molecule has 1 aliphatic rings. The van der Waals surface area contributed by atoms with E-state index in [2.05, 4.69) is 25.5 Å². The van der Waals surface area contributed by atoms with E-state index in [-0.39, 0.29) is 6.04 Å². The first kappa shape index (κ1) is 12.8. The summed E-state index contributed by atoms with van der Waals surface area (Å²) in [6, 6.07) is 1.97. The zero-order valence-corrected chi connectivity index (χ0v) is 12.2. The van der Waals surface area contributed by atoms with Crippen molar-refractivity contribution >= 4 is 21.6 Å². The van der Waals surface area contributed by atoms with Crippen molar-refractivity contribution in [2.75, 3.05) is 6.54 Å². The predicted octanol–water partition coefficient (Wildman–Crippen LogP) is 2.76. The molecule has 4 heterocycles. The van der Waals surface area contributed by atoms with Crippen LogP contribution in [0.4, 0.5) is 4.39 Å². The molecule has 0 aromatic carbocycles. The molecule has 2 atom stereocenters. The summed E-state index contributed by atoms with van der Waals surface area (Å²) >= 11 is 1.64. The van der Waals surface area contributed by atoms with Gasteiger partial charge in [0.1, 0.15) is 12.0 Å². The summed E-state index contributed by atoms with van der Waals surface area (Å²) in [6.45, 7) is 2.38. The third kappa shape index (κ3) is 2.22. The van der Waals surface area contributed by atoms with Crippen LogP contribution in [0.5, 0.6) is 0 Å². The van der Waals surface area contributed by atoms with Crippen LogP contribution in [0.15, 0.2) is 18.5 Å². The Kier molecular flexibility index (Phi) is 2.97. The smallest absolute Gasteiger partial charge is 0.146 e. The van der Waals surface area contributed by atoms with Crippen molar-refractivity contribution in [1.82, 2.24) is 25.5 Å². The highest BCUT2D eigenvalue weighted by Crippen LogP contribution is 2.34. The first-order valence-corrected chi connectivity index (χ1v) is 7.66. The van der Waals surface area contributed by atoms with E-state index >= 15 is 0 Å². The molecule has 0 saturated carbocycles. The Hall–Kier alpha value is -1.86. The maximum Gasteiger partial charge on any atom is 0.146 e. The minimum absolute atomic E-state index is 0.0802. The number of nitrogens with one attached hydrogen (secondary N) is 2. The zero-order valence-electron chi connectivity index (χ0n) is 11.4. The fourth-order valence-corrected chi connectivity index (χ4v) is 3.68. The maximum atomic E-state index is 13.3. The maximum absolute atomic E-state index is 13.3. The number of hydrogen-bond acceptors (Lipinski definition) is 5. The van der Waals surface area contributed by atoms with Crippen molar-refractivity contribution in [2.45, 2.75) is 25.6 Å². The van der Waals surface area contributed by atoms with Gasteiger partial charge in [0, 0.05) is 35.3 Å². The molecule has 1 fully saturated rings. The monoisotopic (exact) mass is 303 g/mol. The topological polar surface area (TPSA) is 66.5 Å². The summed E-state index contributed by atoms with van der Waals surface area (Å²) in [5.41, 5.74) is 3.03. The number of aromatic amines is 1. The van der Waals surface area contributed by atoms with Crippen molar-refractivity contribution in [1.29, 1.82) is 0 Å². The molecule has 0 spiro atoms. The largest absolute Gasteiger partial charge is 0.304 e. The third-order valence-corrected chi connectivity index (χ3v) is 4.87. The number of hydrogen-bond donors (Lipinski definition) is 2. The summed E-state index contributed by atoms with van der Waals surface area (Å²) in [6.07, 6.45) is 3.29. The SMILES string of the molecule is Cc1[nH]ncc1-c1cc2nc([C@@H]3C[C@@H](F)CN3)ncc2s1. The minimum atomic E-state index is -0.805. The average Bonchev–Trinajstić information content (AvgIpc) is 3.16. The molecular weight excluding hydrogens is 289 g/mol. The van der Waals surface area contributed by atoms with Crippen LogP contribution in [0.3, 0.4) is 0 Å². The van der Waals surface area contributed by atoms with Gasteiger partial charge >= 0.3 is 0 Å². The van der Waals surface area contributed by atoms with Crippen LogP contribution in [0, 0.1) is 6.92 Å². The molecule has 7 heteroatoms. The molecule has 1 saturated heterocycles. The van der Waals surface area contributed by atoms with Crippen molar-refractivity contribution < 1.29 is 4.39 Å². The first-order chi connectivity index (χ1) is 10.2. The molecule has 0 unspecified atom stereocenters. The quantitative estimate of drug-likeness (QED) is 0.764. The zero-order chi connectivity index (χ0) is 14.4. The molecule has 3 aromatic rings. The van der Waals surface area contributed by atoms with Crippen molar-refractivity contribution in [2.24, 2.45) is 0 Å². The van der Waals surface area contributed by atoms with Gasteiger partial charge in [-0.25, -0.2) is 14.4 Å². The highest BCUT2D eigenvalue weighted by atomic mass is 32.1. The number of rotatable bonds is 2. The summed E-state index contributed by atoms with van der Waals surface area (Å²) < 4.78 is 14.3. The van der Waals surface area contributed by atoms with Crippen LogP contribution in [0.2, 0.25) is 0 Å². The Balaban J connectivity index is 1.73. The van der Waals surface area contributed by atoms with Gasteiger partial charge in [-0.1, -0.05) is 0 Å². The van der Waals surface area contributed by atoms with Crippen LogP contribution in [-0.4, -0.2) is 32.9 Å². The lowest BCUT2D eigenvalue weighted by molar-refractivity contribution is 0.355. The molecular formula is C14H14FN5S. The standard InChI is InChI=1S/C14H14FN5S/c1-7-9(5-18-20-7)12-3-10-13(21-12)6-17-14(19-10)11-2-8(15)4-16-11/h3,5-6,8,11,16H,2,4H2,1H3,(H,18,20)/t8-,11+/m1/s1. The Labute approximate surface area is 124 Å². The normalized spacial score (nSPS) is 22.2. The van der Waals surface area contributed by atoms with Gasteiger partial charge in [-0.15, -0.1) is 11.3 Å². The molecule has 3 aromatic heterocycles. The van der Waals surface area contributed by atoms with E-state index in [0.717, 1.165) is 26.4 Å². The summed E-state index contributed by atoms with van der Waals surface area (Å²) in [5.74, 6) is 0.677. The van der Waals surface area contributed by atoms with Crippen LogP contribution in [0.1, 0.15) is 24.0 Å². The highest BCUT2D eigenvalue weighted by molar-refractivity contribution is 7.22.